The lowest BCUT2D eigenvalue weighted by Gasteiger charge is -2.27. The lowest BCUT2D eigenvalue weighted by Crippen LogP contribution is -2.42. The van der Waals surface area contributed by atoms with Crippen LogP contribution in [0.3, 0.4) is 0 Å². The number of benzene rings is 1. The van der Waals surface area contributed by atoms with Gasteiger partial charge in [0.1, 0.15) is 0 Å². The standard InChI is InChI=1S/C15H21N3/c1-3-15(16,4-2)11-18-12-17-10-14(18)13-8-6-5-7-9-13/h5-10,12H,3-4,11,16H2,1-2H3. The number of rotatable bonds is 5. The molecule has 2 rings (SSSR count). The number of nitrogens with two attached hydrogens (primary N) is 1. The van der Waals surface area contributed by atoms with Gasteiger partial charge in [-0.25, -0.2) is 4.98 Å². The quantitative estimate of drug-likeness (QED) is 0.877. The molecule has 0 aliphatic carbocycles. The molecule has 96 valence electrons. The van der Waals surface area contributed by atoms with Crippen LogP contribution in [0.2, 0.25) is 0 Å². The second-order valence-electron chi connectivity index (χ2n) is 4.84. The molecule has 0 amide bonds. The van der Waals surface area contributed by atoms with E-state index in [1.54, 1.807) is 0 Å². The van der Waals surface area contributed by atoms with Crippen molar-refractivity contribution < 1.29 is 0 Å². The largest absolute Gasteiger partial charge is 0.329 e. The molecular weight excluding hydrogens is 222 g/mol. The Morgan fingerprint density at radius 1 is 1.17 bits per heavy atom. The minimum absolute atomic E-state index is 0.149. The predicted octanol–water partition coefficient (Wildman–Crippen LogP) is 3.07. The summed E-state index contributed by atoms with van der Waals surface area (Å²) in [6, 6.07) is 10.3. The summed E-state index contributed by atoms with van der Waals surface area (Å²) >= 11 is 0. The van der Waals surface area contributed by atoms with Crippen LogP contribution in [0.15, 0.2) is 42.9 Å². The van der Waals surface area contributed by atoms with Crippen molar-refractivity contribution in [1.82, 2.24) is 9.55 Å². The fraction of sp³-hybridized carbons (Fsp3) is 0.400. The summed E-state index contributed by atoms with van der Waals surface area (Å²) in [6.07, 6.45) is 5.71. The highest BCUT2D eigenvalue weighted by Gasteiger charge is 2.22. The van der Waals surface area contributed by atoms with E-state index in [0.29, 0.717) is 0 Å². The van der Waals surface area contributed by atoms with E-state index in [9.17, 15) is 0 Å². The zero-order valence-electron chi connectivity index (χ0n) is 11.1. The van der Waals surface area contributed by atoms with Gasteiger partial charge < -0.3 is 10.3 Å². The molecular formula is C15H21N3. The Morgan fingerprint density at radius 2 is 1.83 bits per heavy atom. The van der Waals surface area contributed by atoms with Gasteiger partial charge in [0.05, 0.1) is 18.2 Å². The minimum Gasteiger partial charge on any atom is -0.329 e. The molecule has 3 nitrogen and oxygen atoms in total. The van der Waals surface area contributed by atoms with Crippen LogP contribution in [0.5, 0.6) is 0 Å². The van der Waals surface area contributed by atoms with Crippen molar-refractivity contribution in [2.75, 3.05) is 0 Å². The molecule has 0 saturated carbocycles. The van der Waals surface area contributed by atoms with Crippen molar-refractivity contribution in [1.29, 1.82) is 0 Å². The van der Waals surface area contributed by atoms with Crippen molar-refractivity contribution in [3.05, 3.63) is 42.9 Å². The lowest BCUT2D eigenvalue weighted by molar-refractivity contribution is 0.340. The third kappa shape index (κ3) is 2.62. The van der Waals surface area contributed by atoms with Crippen LogP contribution < -0.4 is 5.73 Å². The van der Waals surface area contributed by atoms with E-state index in [1.807, 2.05) is 30.7 Å². The number of hydrogen-bond acceptors (Lipinski definition) is 2. The van der Waals surface area contributed by atoms with Gasteiger partial charge in [0, 0.05) is 12.1 Å². The van der Waals surface area contributed by atoms with Crippen LogP contribution in [-0.4, -0.2) is 15.1 Å². The summed E-state index contributed by atoms with van der Waals surface area (Å²) in [5, 5.41) is 0. The van der Waals surface area contributed by atoms with E-state index in [1.165, 1.54) is 5.56 Å². The van der Waals surface area contributed by atoms with Gasteiger partial charge in [0.2, 0.25) is 0 Å². The first-order chi connectivity index (χ1) is 8.68. The minimum atomic E-state index is -0.149. The number of aromatic nitrogens is 2. The molecule has 1 aromatic heterocycles. The second-order valence-corrected chi connectivity index (χ2v) is 4.84. The van der Waals surface area contributed by atoms with E-state index in [-0.39, 0.29) is 5.54 Å². The van der Waals surface area contributed by atoms with Crippen LogP contribution in [0, 0.1) is 0 Å². The molecule has 0 unspecified atom stereocenters. The zero-order chi connectivity index (χ0) is 13.0. The Balaban J connectivity index is 2.29. The molecule has 2 aromatic rings. The van der Waals surface area contributed by atoms with Crippen LogP contribution in [0.25, 0.3) is 11.3 Å². The summed E-state index contributed by atoms with van der Waals surface area (Å²) in [5.41, 5.74) is 8.55. The third-order valence-corrected chi connectivity index (χ3v) is 3.68. The first-order valence-corrected chi connectivity index (χ1v) is 6.53. The summed E-state index contributed by atoms with van der Waals surface area (Å²) in [4.78, 5) is 4.26. The maximum Gasteiger partial charge on any atom is 0.0951 e. The van der Waals surface area contributed by atoms with E-state index in [0.717, 1.165) is 25.1 Å². The van der Waals surface area contributed by atoms with Crippen molar-refractivity contribution >= 4 is 0 Å². The second kappa shape index (κ2) is 5.36. The summed E-state index contributed by atoms with van der Waals surface area (Å²) in [7, 11) is 0. The van der Waals surface area contributed by atoms with Crippen molar-refractivity contribution in [3.63, 3.8) is 0 Å². The van der Waals surface area contributed by atoms with E-state index in [4.69, 9.17) is 5.73 Å². The molecule has 0 atom stereocenters. The Kier molecular flexibility index (Phi) is 3.82. The van der Waals surface area contributed by atoms with Gasteiger partial charge in [0.15, 0.2) is 0 Å². The number of hydrogen-bond donors (Lipinski definition) is 1. The van der Waals surface area contributed by atoms with Gasteiger partial charge in [-0.2, -0.15) is 0 Å². The van der Waals surface area contributed by atoms with Gasteiger partial charge in [-0.1, -0.05) is 44.2 Å². The molecule has 0 spiro atoms. The fourth-order valence-corrected chi connectivity index (χ4v) is 2.11. The van der Waals surface area contributed by atoms with Crippen molar-refractivity contribution in [2.24, 2.45) is 5.73 Å². The highest BCUT2D eigenvalue weighted by molar-refractivity contribution is 5.58. The zero-order valence-corrected chi connectivity index (χ0v) is 11.1. The van der Waals surface area contributed by atoms with Gasteiger partial charge in [0.25, 0.3) is 0 Å². The van der Waals surface area contributed by atoms with Gasteiger partial charge in [-0.15, -0.1) is 0 Å². The lowest BCUT2D eigenvalue weighted by atomic mass is 9.94. The molecule has 0 saturated heterocycles. The highest BCUT2D eigenvalue weighted by Crippen LogP contribution is 2.22. The van der Waals surface area contributed by atoms with E-state index < -0.39 is 0 Å². The molecule has 0 bridgehead atoms. The molecule has 18 heavy (non-hydrogen) atoms. The first-order valence-electron chi connectivity index (χ1n) is 6.53. The topological polar surface area (TPSA) is 43.8 Å². The third-order valence-electron chi connectivity index (χ3n) is 3.68. The van der Waals surface area contributed by atoms with Crippen LogP contribution in [0.4, 0.5) is 0 Å². The van der Waals surface area contributed by atoms with Gasteiger partial charge in [-0.3, -0.25) is 0 Å². The number of nitrogens with zero attached hydrogens (tertiary/aromatic N) is 2. The normalized spacial score (nSPS) is 11.7. The summed E-state index contributed by atoms with van der Waals surface area (Å²) in [6.45, 7) is 5.09. The maximum absolute atomic E-state index is 6.39. The Morgan fingerprint density at radius 3 is 2.44 bits per heavy atom. The monoisotopic (exact) mass is 243 g/mol. The van der Waals surface area contributed by atoms with E-state index in [2.05, 4.69) is 35.5 Å². The van der Waals surface area contributed by atoms with E-state index >= 15 is 0 Å². The Hall–Kier alpha value is -1.61. The summed E-state index contributed by atoms with van der Waals surface area (Å²) in [5.74, 6) is 0. The average molecular weight is 243 g/mol. The molecule has 1 heterocycles. The average Bonchev–Trinajstić information content (AvgIpc) is 2.87. The van der Waals surface area contributed by atoms with Crippen LogP contribution in [0.1, 0.15) is 26.7 Å². The fourth-order valence-electron chi connectivity index (χ4n) is 2.11. The molecule has 0 fully saturated rings. The van der Waals surface area contributed by atoms with Gasteiger partial charge in [-0.05, 0) is 18.4 Å². The van der Waals surface area contributed by atoms with Gasteiger partial charge >= 0.3 is 0 Å². The highest BCUT2D eigenvalue weighted by atomic mass is 15.1. The van der Waals surface area contributed by atoms with Crippen molar-refractivity contribution in [2.45, 2.75) is 38.8 Å². The Bertz CT molecular complexity index is 483. The predicted molar refractivity (Wildman–Crippen MR) is 75.2 cm³/mol. The number of imidazole rings is 1. The van der Waals surface area contributed by atoms with Crippen LogP contribution >= 0.6 is 0 Å². The molecule has 0 aliphatic heterocycles. The SMILES string of the molecule is CCC(N)(CC)Cn1cncc1-c1ccccc1. The Labute approximate surface area is 109 Å². The van der Waals surface area contributed by atoms with Crippen LogP contribution in [-0.2, 0) is 6.54 Å². The molecule has 0 radical (unpaired) electrons. The smallest absolute Gasteiger partial charge is 0.0951 e. The molecule has 0 aliphatic rings. The first kappa shape index (κ1) is 12.8. The maximum atomic E-state index is 6.39. The molecule has 2 N–H and O–H groups in total. The summed E-state index contributed by atoms with van der Waals surface area (Å²) < 4.78 is 2.16. The molecule has 1 aromatic carbocycles. The molecule has 3 heteroatoms. The van der Waals surface area contributed by atoms with Crippen molar-refractivity contribution in [3.8, 4) is 11.3 Å².